The third kappa shape index (κ3) is 4.81. The van der Waals surface area contributed by atoms with E-state index >= 15 is 0 Å². The summed E-state index contributed by atoms with van der Waals surface area (Å²) in [7, 11) is 1.94. The molecule has 0 saturated carbocycles. The summed E-state index contributed by atoms with van der Waals surface area (Å²) in [6.45, 7) is 3.08. The van der Waals surface area contributed by atoms with Crippen LogP contribution in [0, 0.1) is 5.82 Å². The average Bonchev–Trinajstić information content (AvgIpc) is 3.17. The Kier molecular flexibility index (Phi) is 6.42. The van der Waals surface area contributed by atoms with E-state index in [0.717, 1.165) is 11.1 Å². The van der Waals surface area contributed by atoms with Crippen LogP contribution in [0.5, 0.6) is 0 Å². The predicted molar refractivity (Wildman–Crippen MR) is 117 cm³/mol. The number of carbonyl (C=O) groups is 1. The number of ether oxygens (including phenoxy) is 1. The van der Waals surface area contributed by atoms with Crippen LogP contribution < -0.4 is 0 Å². The van der Waals surface area contributed by atoms with Crippen LogP contribution in [0.1, 0.15) is 30.4 Å². The second-order valence-corrected chi connectivity index (χ2v) is 9.06. The molecule has 1 atom stereocenters. The maximum absolute atomic E-state index is 13.7. The number of halogens is 1. The van der Waals surface area contributed by atoms with E-state index in [1.54, 1.807) is 12.1 Å². The third-order valence-corrected chi connectivity index (χ3v) is 6.63. The van der Waals surface area contributed by atoms with Gasteiger partial charge in [-0.2, -0.15) is 0 Å². The number of nitrogens with zero attached hydrogens (tertiary/aromatic N) is 2. The van der Waals surface area contributed by atoms with Crippen LogP contribution in [0.25, 0.3) is 0 Å². The number of β-amino-alcohol motifs (C(OH)–C–C–N with tert-alkyl or cyclic N) is 1. The Balaban J connectivity index is 1.44. The van der Waals surface area contributed by atoms with E-state index in [2.05, 4.69) is 0 Å². The molecule has 1 amide bonds. The zero-order valence-corrected chi connectivity index (χ0v) is 18.1. The van der Waals surface area contributed by atoms with Crippen LogP contribution in [0.15, 0.2) is 54.6 Å². The minimum absolute atomic E-state index is 0.0964. The first kappa shape index (κ1) is 21.9. The first-order valence-corrected chi connectivity index (χ1v) is 11.0. The highest BCUT2D eigenvalue weighted by atomic mass is 19.1. The van der Waals surface area contributed by atoms with Gasteiger partial charge in [0.05, 0.1) is 17.6 Å². The number of rotatable bonds is 6. The van der Waals surface area contributed by atoms with Crippen molar-refractivity contribution in [3.05, 3.63) is 71.5 Å². The Labute approximate surface area is 183 Å². The molecular formula is C25H31FN2O3. The fourth-order valence-corrected chi connectivity index (χ4v) is 5.02. The van der Waals surface area contributed by atoms with E-state index in [-0.39, 0.29) is 11.7 Å². The van der Waals surface area contributed by atoms with Gasteiger partial charge in [0, 0.05) is 32.8 Å². The minimum atomic E-state index is -0.951. The molecule has 2 aliphatic rings. The van der Waals surface area contributed by atoms with Crippen LogP contribution in [-0.4, -0.2) is 66.3 Å². The molecule has 0 aromatic heterocycles. The van der Waals surface area contributed by atoms with E-state index in [4.69, 9.17) is 4.74 Å². The van der Waals surface area contributed by atoms with E-state index in [0.29, 0.717) is 58.7 Å². The lowest BCUT2D eigenvalue weighted by atomic mass is 9.73. The molecule has 0 spiro atoms. The highest BCUT2D eigenvalue weighted by molar-refractivity contribution is 5.88. The predicted octanol–water partition coefficient (Wildman–Crippen LogP) is 2.97. The second kappa shape index (κ2) is 9.07. The van der Waals surface area contributed by atoms with Crippen molar-refractivity contribution in [2.24, 2.45) is 0 Å². The molecule has 31 heavy (non-hydrogen) atoms. The second-order valence-electron chi connectivity index (χ2n) is 9.06. The monoisotopic (exact) mass is 426 g/mol. The molecule has 1 unspecified atom stereocenters. The highest BCUT2D eigenvalue weighted by Gasteiger charge is 2.48. The number of likely N-dealkylation sites (N-methyl/N-ethyl adjacent to an activating group) is 1. The van der Waals surface area contributed by atoms with Crippen molar-refractivity contribution in [2.75, 3.05) is 39.9 Å². The Morgan fingerprint density at radius 2 is 1.77 bits per heavy atom. The molecule has 0 radical (unpaired) electrons. The summed E-state index contributed by atoms with van der Waals surface area (Å²) in [5.74, 6) is -0.158. The summed E-state index contributed by atoms with van der Waals surface area (Å²) < 4.78 is 18.7. The van der Waals surface area contributed by atoms with Crippen LogP contribution >= 0.6 is 0 Å². The van der Waals surface area contributed by atoms with Crippen molar-refractivity contribution in [3.8, 4) is 0 Å². The van der Waals surface area contributed by atoms with Crippen LogP contribution in [0.3, 0.4) is 0 Å². The number of hydrogen-bond donors (Lipinski definition) is 1. The maximum atomic E-state index is 13.7. The number of amides is 1. The molecule has 2 aliphatic heterocycles. The zero-order chi connectivity index (χ0) is 21.9. The van der Waals surface area contributed by atoms with Gasteiger partial charge in [0.25, 0.3) is 0 Å². The molecule has 2 heterocycles. The van der Waals surface area contributed by atoms with Crippen molar-refractivity contribution < 1.29 is 19.0 Å². The van der Waals surface area contributed by atoms with Crippen molar-refractivity contribution >= 4 is 5.91 Å². The van der Waals surface area contributed by atoms with Gasteiger partial charge in [-0.25, -0.2) is 4.39 Å². The lowest BCUT2D eigenvalue weighted by Crippen LogP contribution is -2.51. The summed E-state index contributed by atoms with van der Waals surface area (Å²) in [6, 6.07) is 16.4. The van der Waals surface area contributed by atoms with Gasteiger partial charge in [-0.3, -0.25) is 9.69 Å². The first-order chi connectivity index (χ1) is 14.9. The Morgan fingerprint density at radius 1 is 1.10 bits per heavy atom. The summed E-state index contributed by atoms with van der Waals surface area (Å²) in [5.41, 5.74) is 0.494. The highest BCUT2D eigenvalue weighted by Crippen LogP contribution is 2.38. The standard InChI is InChI=1S/C25H31FN2O3/c1-27(17-20-7-9-22(26)10-8-20)18-24(30)11-14-28(19-24)23(29)25(12-15-31-16-13-25)21-5-3-2-4-6-21/h2-10,30H,11-19H2,1H3. The van der Waals surface area contributed by atoms with Crippen molar-refractivity contribution in [1.29, 1.82) is 0 Å². The molecule has 2 saturated heterocycles. The zero-order valence-electron chi connectivity index (χ0n) is 18.1. The van der Waals surface area contributed by atoms with Crippen LogP contribution in [0.2, 0.25) is 0 Å². The molecule has 2 aromatic carbocycles. The van der Waals surface area contributed by atoms with Crippen molar-refractivity contribution in [3.63, 3.8) is 0 Å². The van der Waals surface area contributed by atoms with E-state index in [9.17, 15) is 14.3 Å². The molecule has 2 fully saturated rings. The molecule has 6 heteroatoms. The van der Waals surface area contributed by atoms with Gasteiger partial charge in [-0.05, 0) is 49.6 Å². The molecule has 166 valence electrons. The average molecular weight is 427 g/mol. The topological polar surface area (TPSA) is 53.0 Å². The lowest BCUT2D eigenvalue weighted by Gasteiger charge is -2.39. The maximum Gasteiger partial charge on any atom is 0.233 e. The summed E-state index contributed by atoms with van der Waals surface area (Å²) in [4.78, 5) is 17.6. The van der Waals surface area contributed by atoms with Gasteiger partial charge in [-0.1, -0.05) is 42.5 Å². The van der Waals surface area contributed by atoms with Gasteiger partial charge in [-0.15, -0.1) is 0 Å². The minimum Gasteiger partial charge on any atom is -0.387 e. The number of aliphatic hydroxyl groups is 1. The Morgan fingerprint density at radius 3 is 2.45 bits per heavy atom. The summed E-state index contributed by atoms with van der Waals surface area (Å²) >= 11 is 0. The first-order valence-electron chi connectivity index (χ1n) is 11.0. The molecule has 1 N–H and O–H groups in total. The fraction of sp³-hybridized carbons (Fsp3) is 0.480. The third-order valence-electron chi connectivity index (χ3n) is 6.63. The fourth-order valence-electron chi connectivity index (χ4n) is 5.02. The molecule has 2 aromatic rings. The quantitative estimate of drug-likeness (QED) is 0.772. The van der Waals surface area contributed by atoms with Gasteiger partial charge < -0.3 is 14.7 Å². The van der Waals surface area contributed by atoms with Gasteiger partial charge in [0.1, 0.15) is 5.82 Å². The van der Waals surface area contributed by atoms with E-state index < -0.39 is 11.0 Å². The van der Waals surface area contributed by atoms with Crippen LogP contribution in [0.4, 0.5) is 4.39 Å². The number of carbonyl (C=O) groups excluding carboxylic acids is 1. The summed E-state index contributed by atoms with van der Waals surface area (Å²) in [5, 5.41) is 11.2. The number of likely N-dealkylation sites (tertiary alicyclic amines) is 1. The molecule has 4 rings (SSSR count). The lowest BCUT2D eigenvalue weighted by molar-refractivity contribution is -0.141. The summed E-state index contributed by atoms with van der Waals surface area (Å²) in [6.07, 6.45) is 1.87. The molecule has 0 aliphatic carbocycles. The SMILES string of the molecule is CN(Cc1ccc(F)cc1)CC1(O)CCN(C(=O)C2(c3ccccc3)CCOCC2)C1. The number of hydrogen-bond acceptors (Lipinski definition) is 4. The molecule has 0 bridgehead atoms. The number of benzene rings is 2. The molecule has 5 nitrogen and oxygen atoms in total. The van der Waals surface area contributed by atoms with E-state index in [1.165, 1.54) is 12.1 Å². The normalized spacial score (nSPS) is 23.3. The van der Waals surface area contributed by atoms with Crippen molar-refractivity contribution in [2.45, 2.75) is 36.8 Å². The smallest absolute Gasteiger partial charge is 0.233 e. The van der Waals surface area contributed by atoms with Crippen molar-refractivity contribution in [1.82, 2.24) is 9.80 Å². The Hall–Kier alpha value is -2.28. The van der Waals surface area contributed by atoms with Gasteiger partial charge in [0.2, 0.25) is 5.91 Å². The Bertz CT molecular complexity index is 883. The van der Waals surface area contributed by atoms with Gasteiger partial charge >= 0.3 is 0 Å². The van der Waals surface area contributed by atoms with Gasteiger partial charge in [0.15, 0.2) is 0 Å². The largest absolute Gasteiger partial charge is 0.387 e. The molecular weight excluding hydrogens is 395 g/mol. The van der Waals surface area contributed by atoms with Crippen LogP contribution in [-0.2, 0) is 21.5 Å². The van der Waals surface area contributed by atoms with E-state index in [1.807, 2.05) is 47.2 Å².